The maximum absolute atomic E-state index is 12.3. The zero-order valence-electron chi connectivity index (χ0n) is 12.8. The Morgan fingerprint density at radius 1 is 1.18 bits per heavy atom. The van der Waals surface area contributed by atoms with Gasteiger partial charge in [0.05, 0.1) is 6.26 Å². The lowest BCUT2D eigenvalue weighted by Crippen LogP contribution is -2.11. The molecule has 0 spiro atoms. The molecule has 0 aromatic rings. The summed E-state index contributed by atoms with van der Waals surface area (Å²) in [6.45, 7) is 1.70. The molecule has 1 aliphatic heterocycles. The van der Waals surface area contributed by atoms with E-state index in [0.29, 0.717) is 17.9 Å². The number of cyclic esters (lactones) is 1. The van der Waals surface area contributed by atoms with Crippen LogP contribution in [-0.2, 0) is 19.1 Å². The number of carbonyl (C=O) groups is 2. The lowest BCUT2D eigenvalue weighted by atomic mass is 9.88. The third-order valence-corrected chi connectivity index (χ3v) is 5.42. The van der Waals surface area contributed by atoms with Gasteiger partial charge in [0.2, 0.25) is 0 Å². The highest BCUT2D eigenvalue weighted by Gasteiger charge is 2.45. The quantitative estimate of drug-likeness (QED) is 0.340. The van der Waals surface area contributed by atoms with E-state index in [1.165, 1.54) is 25.7 Å². The van der Waals surface area contributed by atoms with Gasteiger partial charge in [-0.3, -0.25) is 4.79 Å². The highest BCUT2D eigenvalue weighted by Crippen LogP contribution is 2.52. The number of hydrogen-bond donors (Lipinski definition) is 0. The molecule has 1 fully saturated rings. The van der Waals surface area contributed by atoms with Crippen molar-refractivity contribution in [2.45, 2.75) is 51.7 Å². The summed E-state index contributed by atoms with van der Waals surface area (Å²) in [5.41, 5.74) is 4.48. The summed E-state index contributed by atoms with van der Waals surface area (Å²) in [6.07, 6.45) is 9.06. The minimum atomic E-state index is -0.684. The summed E-state index contributed by atoms with van der Waals surface area (Å²) < 4.78 is 10.6. The summed E-state index contributed by atoms with van der Waals surface area (Å²) >= 11 is 0. The molecular weight excluding hydrogens is 280 g/mol. The van der Waals surface area contributed by atoms with Gasteiger partial charge in [-0.2, -0.15) is 0 Å². The highest BCUT2D eigenvalue weighted by atomic mass is 16.7. The lowest BCUT2D eigenvalue weighted by molar-refractivity contribution is -0.152. The Bertz CT molecular complexity index is 637. The van der Waals surface area contributed by atoms with Crippen LogP contribution in [0.5, 0.6) is 0 Å². The van der Waals surface area contributed by atoms with Crippen LogP contribution in [0.15, 0.2) is 34.6 Å². The predicted octanol–water partition coefficient (Wildman–Crippen LogP) is 3.20. The van der Waals surface area contributed by atoms with Crippen molar-refractivity contribution in [1.29, 1.82) is 0 Å². The number of allylic oxidation sites excluding steroid dienone is 3. The van der Waals surface area contributed by atoms with Crippen molar-refractivity contribution in [3.05, 3.63) is 34.6 Å². The van der Waals surface area contributed by atoms with Crippen LogP contribution in [0.25, 0.3) is 0 Å². The first-order valence-electron chi connectivity index (χ1n) is 8.12. The fourth-order valence-electron chi connectivity index (χ4n) is 4.30. The molecule has 0 amide bonds. The van der Waals surface area contributed by atoms with Crippen LogP contribution in [-0.4, -0.2) is 18.0 Å². The van der Waals surface area contributed by atoms with Gasteiger partial charge in [-0.05, 0) is 44.9 Å². The Balaban J connectivity index is 1.50. The molecule has 4 nitrogen and oxygen atoms in total. The molecule has 3 aliphatic carbocycles. The van der Waals surface area contributed by atoms with Crippen LogP contribution in [0.4, 0.5) is 0 Å². The standard InChI is InChI=1S/C18H20O4/c1-10-6-17(22-18(10)20)21-9-15-13-7-11-4-2-3-5-12(11)14(13)8-16(15)19/h6,9,13-14,17H,2-5,7-8H2,1H3/b15-9+/t13-,14+,17?/m0/s1. The van der Waals surface area contributed by atoms with Crippen molar-refractivity contribution < 1.29 is 19.1 Å². The van der Waals surface area contributed by atoms with Gasteiger partial charge in [0.25, 0.3) is 6.29 Å². The summed E-state index contributed by atoms with van der Waals surface area (Å²) in [4.78, 5) is 23.6. The van der Waals surface area contributed by atoms with Crippen molar-refractivity contribution in [3.8, 4) is 0 Å². The molecule has 0 aromatic carbocycles. The molecule has 1 saturated carbocycles. The second-order valence-electron chi connectivity index (χ2n) is 6.71. The Labute approximate surface area is 129 Å². The maximum Gasteiger partial charge on any atom is 0.336 e. The number of carbonyl (C=O) groups excluding carboxylic acids is 2. The average molecular weight is 300 g/mol. The average Bonchev–Trinajstić information content (AvgIpc) is 3.10. The molecule has 1 heterocycles. The Morgan fingerprint density at radius 2 is 2.00 bits per heavy atom. The number of Topliss-reactive ketones (excluding diaryl/α,β-unsaturated/α-hetero) is 1. The summed E-state index contributed by atoms with van der Waals surface area (Å²) in [6, 6.07) is 0. The van der Waals surface area contributed by atoms with Crippen LogP contribution < -0.4 is 0 Å². The van der Waals surface area contributed by atoms with Gasteiger partial charge in [-0.1, -0.05) is 11.1 Å². The van der Waals surface area contributed by atoms with E-state index >= 15 is 0 Å². The monoisotopic (exact) mass is 300 g/mol. The Morgan fingerprint density at radius 3 is 2.77 bits per heavy atom. The third-order valence-electron chi connectivity index (χ3n) is 5.42. The van der Waals surface area contributed by atoms with Gasteiger partial charge < -0.3 is 9.47 Å². The van der Waals surface area contributed by atoms with E-state index in [0.717, 1.165) is 12.0 Å². The minimum absolute atomic E-state index is 0.192. The second kappa shape index (κ2) is 5.11. The van der Waals surface area contributed by atoms with Crippen molar-refractivity contribution in [2.24, 2.45) is 11.8 Å². The molecule has 0 saturated heterocycles. The van der Waals surface area contributed by atoms with Gasteiger partial charge in [0, 0.05) is 29.6 Å². The molecule has 116 valence electrons. The summed E-state index contributed by atoms with van der Waals surface area (Å²) in [5.74, 6) is 0.535. The molecule has 0 radical (unpaired) electrons. The third kappa shape index (κ3) is 2.13. The first-order chi connectivity index (χ1) is 10.6. The zero-order chi connectivity index (χ0) is 15.3. The van der Waals surface area contributed by atoms with E-state index in [-0.39, 0.29) is 17.7 Å². The topological polar surface area (TPSA) is 52.6 Å². The van der Waals surface area contributed by atoms with Crippen LogP contribution in [0.3, 0.4) is 0 Å². The van der Waals surface area contributed by atoms with E-state index in [1.54, 1.807) is 30.4 Å². The van der Waals surface area contributed by atoms with Crippen LogP contribution in [0.1, 0.15) is 45.4 Å². The normalized spacial score (nSPS) is 35.6. The molecule has 4 rings (SSSR count). The SMILES string of the molecule is CC1=CC(O/C=C2/C(=O)C[C@@H]3C4=C(CCCC4)C[C@H]23)OC1=O. The van der Waals surface area contributed by atoms with Gasteiger partial charge >= 0.3 is 5.97 Å². The first kappa shape index (κ1) is 13.8. The van der Waals surface area contributed by atoms with Crippen LogP contribution in [0, 0.1) is 11.8 Å². The molecule has 1 unspecified atom stereocenters. The van der Waals surface area contributed by atoms with E-state index in [4.69, 9.17) is 9.47 Å². The van der Waals surface area contributed by atoms with E-state index < -0.39 is 6.29 Å². The summed E-state index contributed by atoms with van der Waals surface area (Å²) in [7, 11) is 0. The number of rotatable bonds is 2. The molecule has 0 bridgehead atoms. The van der Waals surface area contributed by atoms with Crippen molar-refractivity contribution in [2.75, 3.05) is 0 Å². The molecule has 4 aliphatic rings. The van der Waals surface area contributed by atoms with E-state index in [2.05, 4.69) is 0 Å². The highest BCUT2D eigenvalue weighted by molar-refractivity contribution is 5.99. The lowest BCUT2D eigenvalue weighted by Gasteiger charge is -2.17. The molecule has 22 heavy (non-hydrogen) atoms. The molecule has 4 heteroatoms. The fourth-order valence-corrected chi connectivity index (χ4v) is 4.30. The van der Waals surface area contributed by atoms with Crippen molar-refractivity contribution in [1.82, 2.24) is 0 Å². The second-order valence-corrected chi connectivity index (χ2v) is 6.71. The zero-order valence-corrected chi connectivity index (χ0v) is 12.8. The number of fused-ring (bicyclic) bond motifs is 2. The van der Waals surface area contributed by atoms with Gasteiger partial charge in [0.1, 0.15) is 0 Å². The molecular formula is C18H20O4. The maximum atomic E-state index is 12.3. The molecule has 0 aromatic heterocycles. The van der Waals surface area contributed by atoms with Crippen LogP contribution in [0.2, 0.25) is 0 Å². The van der Waals surface area contributed by atoms with Crippen molar-refractivity contribution >= 4 is 11.8 Å². The number of ketones is 1. The van der Waals surface area contributed by atoms with E-state index in [9.17, 15) is 9.59 Å². The van der Waals surface area contributed by atoms with Crippen molar-refractivity contribution in [3.63, 3.8) is 0 Å². The number of ether oxygens (including phenoxy) is 2. The van der Waals surface area contributed by atoms with Crippen LogP contribution >= 0.6 is 0 Å². The smallest absolute Gasteiger partial charge is 0.336 e. The molecule has 0 N–H and O–H groups in total. The number of esters is 1. The first-order valence-corrected chi connectivity index (χ1v) is 8.12. The Hall–Kier alpha value is -1.84. The number of hydrogen-bond acceptors (Lipinski definition) is 4. The van der Waals surface area contributed by atoms with Gasteiger partial charge in [-0.15, -0.1) is 0 Å². The largest absolute Gasteiger partial charge is 0.458 e. The van der Waals surface area contributed by atoms with E-state index in [1.807, 2.05) is 0 Å². The fraction of sp³-hybridized carbons (Fsp3) is 0.556. The van der Waals surface area contributed by atoms with Gasteiger partial charge in [0.15, 0.2) is 5.78 Å². The van der Waals surface area contributed by atoms with Gasteiger partial charge in [-0.25, -0.2) is 4.79 Å². The summed E-state index contributed by atoms with van der Waals surface area (Å²) in [5, 5.41) is 0. The molecule has 3 atom stereocenters. The predicted molar refractivity (Wildman–Crippen MR) is 79.5 cm³/mol. The minimum Gasteiger partial charge on any atom is -0.458 e. The Kier molecular flexibility index (Phi) is 3.21.